The number of hydrogen-bond acceptors (Lipinski definition) is 3. The summed E-state index contributed by atoms with van der Waals surface area (Å²) in [5, 5.41) is 5.93. The number of hydrogen-bond donors (Lipinski definition) is 3. The first-order valence-corrected chi connectivity index (χ1v) is 9.87. The summed E-state index contributed by atoms with van der Waals surface area (Å²) in [6, 6.07) is 7.99. The molecule has 2 fully saturated rings. The molecule has 6 heteroatoms. The molecule has 0 aliphatic heterocycles. The van der Waals surface area contributed by atoms with Crippen LogP contribution < -0.4 is 16.4 Å². The Bertz CT molecular complexity index is 633. The molecular formula is C21H32ClN3O2. The number of fused-ring (bicyclic) bond motifs is 2. The quantitative estimate of drug-likeness (QED) is 0.717. The SMILES string of the molecule is CC(C)NC(=O)Cc1ccc(NC(=O)C2CC3CCCC(C2)C3N)cc1.Cl. The average molecular weight is 394 g/mol. The van der Waals surface area contributed by atoms with Gasteiger partial charge in [0.2, 0.25) is 11.8 Å². The van der Waals surface area contributed by atoms with Gasteiger partial charge in [0.25, 0.3) is 0 Å². The second-order valence-electron chi connectivity index (χ2n) is 8.28. The zero-order valence-electron chi connectivity index (χ0n) is 16.2. The van der Waals surface area contributed by atoms with Crippen LogP contribution in [-0.2, 0) is 16.0 Å². The van der Waals surface area contributed by atoms with Crippen molar-refractivity contribution in [3.63, 3.8) is 0 Å². The predicted octanol–water partition coefficient (Wildman–Crippen LogP) is 3.27. The molecule has 1 aromatic rings. The molecule has 0 heterocycles. The van der Waals surface area contributed by atoms with E-state index in [-0.39, 0.29) is 42.2 Å². The molecule has 2 amide bonds. The van der Waals surface area contributed by atoms with Crippen LogP contribution in [-0.4, -0.2) is 23.9 Å². The summed E-state index contributed by atoms with van der Waals surface area (Å²) in [5.41, 5.74) is 8.06. The lowest BCUT2D eigenvalue weighted by molar-refractivity contribution is -0.123. The molecule has 2 aliphatic carbocycles. The maximum Gasteiger partial charge on any atom is 0.227 e. The minimum Gasteiger partial charge on any atom is -0.354 e. The molecule has 2 atom stereocenters. The van der Waals surface area contributed by atoms with Crippen LogP contribution in [0.2, 0.25) is 0 Å². The Kier molecular flexibility index (Phi) is 7.68. The standard InChI is InChI=1S/C21H31N3O2.ClH/c1-13(2)23-19(25)10-14-6-8-18(9-7-14)24-21(26)17-11-15-4-3-5-16(12-17)20(15)22;/h6-9,13,15-17,20H,3-5,10-12,22H2,1-2H3,(H,23,25)(H,24,26);1H. The van der Waals surface area contributed by atoms with Crippen molar-refractivity contribution >= 4 is 29.9 Å². The smallest absolute Gasteiger partial charge is 0.227 e. The number of halogens is 1. The second-order valence-corrected chi connectivity index (χ2v) is 8.28. The Morgan fingerprint density at radius 3 is 2.26 bits per heavy atom. The van der Waals surface area contributed by atoms with Gasteiger partial charge >= 0.3 is 0 Å². The second kappa shape index (κ2) is 9.56. The number of nitrogens with two attached hydrogens (primary N) is 1. The number of rotatable bonds is 5. The number of benzene rings is 1. The van der Waals surface area contributed by atoms with E-state index in [1.807, 2.05) is 38.1 Å². The molecule has 2 aliphatic rings. The minimum atomic E-state index is 0. The molecule has 27 heavy (non-hydrogen) atoms. The fourth-order valence-corrected chi connectivity index (χ4v) is 4.51. The van der Waals surface area contributed by atoms with E-state index in [9.17, 15) is 9.59 Å². The van der Waals surface area contributed by atoms with Crippen LogP contribution in [0.5, 0.6) is 0 Å². The normalized spacial score (nSPS) is 26.8. The number of carbonyl (C=O) groups excluding carboxylic acids is 2. The fraction of sp³-hybridized carbons (Fsp3) is 0.619. The highest BCUT2D eigenvalue weighted by molar-refractivity contribution is 5.92. The van der Waals surface area contributed by atoms with Gasteiger partial charge in [-0.25, -0.2) is 0 Å². The maximum atomic E-state index is 12.7. The van der Waals surface area contributed by atoms with Crippen LogP contribution in [0, 0.1) is 17.8 Å². The molecule has 2 bridgehead atoms. The van der Waals surface area contributed by atoms with Gasteiger partial charge < -0.3 is 16.4 Å². The Balaban J connectivity index is 0.00000261. The van der Waals surface area contributed by atoms with Crippen LogP contribution in [0.4, 0.5) is 5.69 Å². The molecule has 0 saturated heterocycles. The molecular weight excluding hydrogens is 362 g/mol. The van der Waals surface area contributed by atoms with E-state index in [0.29, 0.717) is 18.3 Å². The average Bonchev–Trinajstić information content (AvgIpc) is 2.55. The summed E-state index contributed by atoms with van der Waals surface area (Å²) >= 11 is 0. The van der Waals surface area contributed by atoms with Gasteiger partial charge in [-0.15, -0.1) is 12.4 Å². The van der Waals surface area contributed by atoms with Gasteiger partial charge in [0.15, 0.2) is 0 Å². The number of carbonyl (C=O) groups is 2. The number of amides is 2. The monoisotopic (exact) mass is 393 g/mol. The van der Waals surface area contributed by atoms with Crippen LogP contribution in [0.1, 0.15) is 51.5 Å². The van der Waals surface area contributed by atoms with Crippen molar-refractivity contribution in [2.24, 2.45) is 23.5 Å². The summed E-state index contributed by atoms with van der Waals surface area (Å²) in [4.78, 5) is 24.5. The molecule has 0 radical (unpaired) electrons. The molecule has 1 aromatic carbocycles. The van der Waals surface area contributed by atoms with E-state index < -0.39 is 0 Å². The first-order valence-electron chi connectivity index (χ1n) is 9.87. The summed E-state index contributed by atoms with van der Waals surface area (Å²) in [7, 11) is 0. The van der Waals surface area contributed by atoms with Crippen molar-refractivity contribution in [3.8, 4) is 0 Å². The molecule has 3 rings (SSSR count). The molecule has 2 saturated carbocycles. The first-order chi connectivity index (χ1) is 12.4. The van der Waals surface area contributed by atoms with Crippen molar-refractivity contribution in [1.82, 2.24) is 5.32 Å². The summed E-state index contributed by atoms with van der Waals surface area (Å²) < 4.78 is 0. The summed E-state index contributed by atoms with van der Waals surface area (Å²) in [6.07, 6.45) is 5.76. The van der Waals surface area contributed by atoms with E-state index in [1.165, 1.54) is 6.42 Å². The lowest BCUT2D eigenvalue weighted by atomic mass is 9.65. The first kappa shape index (κ1) is 21.7. The Hall–Kier alpha value is -1.59. The highest BCUT2D eigenvalue weighted by Gasteiger charge is 2.40. The van der Waals surface area contributed by atoms with Gasteiger partial charge in [0, 0.05) is 23.7 Å². The van der Waals surface area contributed by atoms with E-state index in [1.54, 1.807) is 0 Å². The third kappa shape index (κ3) is 5.69. The highest BCUT2D eigenvalue weighted by Crippen LogP contribution is 2.42. The molecule has 4 N–H and O–H groups in total. The van der Waals surface area contributed by atoms with Crippen molar-refractivity contribution < 1.29 is 9.59 Å². The lowest BCUT2D eigenvalue weighted by Gasteiger charge is -2.43. The third-order valence-electron chi connectivity index (χ3n) is 5.82. The number of nitrogens with one attached hydrogen (secondary N) is 2. The molecule has 2 unspecified atom stereocenters. The maximum absolute atomic E-state index is 12.7. The van der Waals surface area contributed by atoms with Crippen LogP contribution >= 0.6 is 12.4 Å². The molecule has 150 valence electrons. The summed E-state index contributed by atoms with van der Waals surface area (Å²) in [5.74, 6) is 1.20. The largest absolute Gasteiger partial charge is 0.354 e. The van der Waals surface area contributed by atoms with Gasteiger partial charge in [0.05, 0.1) is 6.42 Å². The number of anilines is 1. The van der Waals surface area contributed by atoms with Crippen molar-refractivity contribution in [2.45, 2.75) is 64.5 Å². The zero-order valence-corrected chi connectivity index (χ0v) is 17.1. The van der Waals surface area contributed by atoms with Gasteiger partial charge in [-0.2, -0.15) is 0 Å². The van der Waals surface area contributed by atoms with Crippen LogP contribution in [0.3, 0.4) is 0 Å². The van der Waals surface area contributed by atoms with Gasteiger partial charge in [-0.1, -0.05) is 18.6 Å². The molecule has 0 aromatic heterocycles. The predicted molar refractivity (Wildman–Crippen MR) is 111 cm³/mol. The molecule has 5 nitrogen and oxygen atoms in total. The topological polar surface area (TPSA) is 84.2 Å². The van der Waals surface area contributed by atoms with Gasteiger partial charge in [-0.05, 0) is 69.1 Å². The van der Waals surface area contributed by atoms with E-state index in [4.69, 9.17) is 5.73 Å². The van der Waals surface area contributed by atoms with Gasteiger partial charge in [0.1, 0.15) is 0 Å². The van der Waals surface area contributed by atoms with Crippen LogP contribution in [0.15, 0.2) is 24.3 Å². The van der Waals surface area contributed by atoms with Crippen LogP contribution in [0.25, 0.3) is 0 Å². The summed E-state index contributed by atoms with van der Waals surface area (Å²) in [6.45, 7) is 3.89. The van der Waals surface area contributed by atoms with E-state index in [2.05, 4.69) is 10.6 Å². The van der Waals surface area contributed by atoms with Crippen molar-refractivity contribution in [1.29, 1.82) is 0 Å². The van der Waals surface area contributed by atoms with Gasteiger partial charge in [-0.3, -0.25) is 9.59 Å². The fourth-order valence-electron chi connectivity index (χ4n) is 4.51. The Morgan fingerprint density at radius 2 is 1.70 bits per heavy atom. The van der Waals surface area contributed by atoms with Crippen molar-refractivity contribution in [2.75, 3.05) is 5.32 Å². The third-order valence-corrected chi connectivity index (χ3v) is 5.82. The van der Waals surface area contributed by atoms with E-state index in [0.717, 1.165) is 36.9 Å². The Morgan fingerprint density at radius 1 is 1.11 bits per heavy atom. The highest BCUT2D eigenvalue weighted by atomic mass is 35.5. The minimum absolute atomic E-state index is 0. The van der Waals surface area contributed by atoms with E-state index >= 15 is 0 Å². The Labute approximate surface area is 168 Å². The van der Waals surface area contributed by atoms with Crippen molar-refractivity contribution in [3.05, 3.63) is 29.8 Å². The zero-order chi connectivity index (χ0) is 18.7. The lowest BCUT2D eigenvalue weighted by Crippen LogP contribution is -2.48. The molecule has 0 spiro atoms.